The van der Waals surface area contributed by atoms with E-state index in [1.54, 1.807) is 18.3 Å². The van der Waals surface area contributed by atoms with E-state index < -0.39 is 12.0 Å². The molecule has 2 unspecified atom stereocenters. The molecule has 232 valence electrons. The maximum Gasteiger partial charge on any atom is 0.319 e. The summed E-state index contributed by atoms with van der Waals surface area (Å²) in [4.78, 5) is 18.6. The van der Waals surface area contributed by atoms with E-state index in [9.17, 15) is 9.50 Å². The molecule has 4 atom stereocenters. The van der Waals surface area contributed by atoms with Gasteiger partial charge in [0.25, 0.3) is 0 Å². The SMILES string of the molecule is C#Cc1cccc2cc(O)cc(-c3ncc4c(N5CC6CCC(C5)C6SC)nc(OC[C@@]56CCCN5C[C@H](F)C6)nc4c3F)c12. The second kappa shape index (κ2) is 11.0. The van der Waals surface area contributed by atoms with Crippen LogP contribution in [-0.2, 0) is 0 Å². The minimum atomic E-state index is -0.883. The van der Waals surface area contributed by atoms with Crippen molar-refractivity contribution in [2.45, 2.75) is 49.1 Å². The third-order valence-electron chi connectivity index (χ3n) is 10.6. The van der Waals surface area contributed by atoms with Crippen LogP contribution >= 0.6 is 11.8 Å². The highest BCUT2D eigenvalue weighted by Gasteiger charge is 2.49. The van der Waals surface area contributed by atoms with Crippen molar-refractivity contribution in [1.29, 1.82) is 0 Å². The van der Waals surface area contributed by atoms with Crippen LogP contribution in [0.25, 0.3) is 32.9 Å². The molecular formula is C35H35F2N5O2S. The Morgan fingerprint density at radius 3 is 2.78 bits per heavy atom. The van der Waals surface area contributed by atoms with Gasteiger partial charge in [-0.25, -0.2) is 8.78 Å². The Labute approximate surface area is 265 Å². The number of halogens is 2. The molecule has 45 heavy (non-hydrogen) atoms. The van der Waals surface area contributed by atoms with E-state index in [-0.39, 0.29) is 35.1 Å². The molecule has 0 spiro atoms. The van der Waals surface area contributed by atoms with E-state index >= 15 is 4.39 Å². The summed E-state index contributed by atoms with van der Waals surface area (Å²) in [6.07, 6.45) is 13.4. The number of hydrogen-bond acceptors (Lipinski definition) is 8. The lowest BCUT2D eigenvalue weighted by Gasteiger charge is -2.38. The Kier molecular flexibility index (Phi) is 7.03. The minimum Gasteiger partial charge on any atom is -0.508 e. The monoisotopic (exact) mass is 627 g/mol. The average molecular weight is 628 g/mol. The van der Waals surface area contributed by atoms with Crippen molar-refractivity contribution in [3.8, 4) is 35.4 Å². The number of pyridine rings is 1. The predicted octanol–water partition coefficient (Wildman–Crippen LogP) is 6.20. The van der Waals surface area contributed by atoms with E-state index in [0.29, 0.717) is 63.2 Å². The van der Waals surface area contributed by atoms with Crippen LogP contribution in [0.2, 0.25) is 0 Å². The Morgan fingerprint density at radius 1 is 1.18 bits per heavy atom. The van der Waals surface area contributed by atoms with Crippen LogP contribution < -0.4 is 9.64 Å². The lowest BCUT2D eigenvalue weighted by atomic mass is 9.95. The van der Waals surface area contributed by atoms with Crippen molar-refractivity contribution < 1.29 is 18.6 Å². The number of benzene rings is 2. The first-order valence-corrected chi connectivity index (χ1v) is 17.0. The fourth-order valence-corrected chi connectivity index (χ4v) is 9.83. The Hall–Kier alpha value is -3.68. The smallest absolute Gasteiger partial charge is 0.319 e. The van der Waals surface area contributed by atoms with Crippen molar-refractivity contribution in [3.05, 3.63) is 47.9 Å². The van der Waals surface area contributed by atoms with Crippen LogP contribution in [0.1, 0.15) is 37.7 Å². The summed E-state index contributed by atoms with van der Waals surface area (Å²) in [5, 5.41) is 13.0. The average Bonchev–Trinajstić information content (AvgIpc) is 3.65. The number of aromatic hydroxyl groups is 1. The minimum absolute atomic E-state index is 0.0180. The van der Waals surface area contributed by atoms with Crippen molar-refractivity contribution >= 4 is 39.3 Å². The first kappa shape index (κ1) is 28.8. The fraction of sp³-hybridized carbons (Fsp3) is 0.457. The molecule has 7 nitrogen and oxygen atoms in total. The number of ether oxygens (including phenoxy) is 1. The van der Waals surface area contributed by atoms with Gasteiger partial charge in [0.2, 0.25) is 0 Å². The van der Waals surface area contributed by atoms with Crippen LogP contribution in [0.5, 0.6) is 11.8 Å². The number of thioether (sulfide) groups is 1. The molecule has 8 rings (SSSR count). The van der Waals surface area contributed by atoms with Gasteiger partial charge in [0, 0.05) is 54.0 Å². The summed E-state index contributed by atoms with van der Waals surface area (Å²) < 4.78 is 37.6. The summed E-state index contributed by atoms with van der Waals surface area (Å²) in [6.45, 7) is 3.16. The zero-order valence-electron chi connectivity index (χ0n) is 25.2. The molecule has 4 aromatic rings. The number of nitrogens with zero attached hydrogens (tertiary/aromatic N) is 5. The molecular weight excluding hydrogens is 592 g/mol. The number of aromatic nitrogens is 3. The highest BCUT2D eigenvalue weighted by Crippen LogP contribution is 2.46. The van der Waals surface area contributed by atoms with Crippen molar-refractivity contribution in [2.75, 3.05) is 43.9 Å². The molecule has 2 aromatic heterocycles. The summed E-state index contributed by atoms with van der Waals surface area (Å²) in [6, 6.07) is 8.61. The molecule has 1 aliphatic carbocycles. The fourth-order valence-electron chi connectivity index (χ4n) is 8.61. The van der Waals surface area contributed by atoms with E-state index in [1.807, 2.05) is 23.9 Å². The zero-order chi connectivity index (χ0) is 30.9. The molecule has 4 fully saturated rings. The van der Waals surface area contributed by atoms with Crippen LogP contribution in [0.4, 0.5) is 14.6 Å². The lowest BCUT2D eigenvalue weighted by Crippen LogP contribution is -2.44. The molecule has 4 aliphatic rings. The number of hydrogen-bond donors (Lipinski definition) is 1. The number of phenols is 1. The van der Waals surface area contributed by atoms with Crippen LogP contribution in [0.15, 0.2) is 36.5 Å². The number of rotatable bonds is 6. The zero-order valence-corrected chi connectivity index (χ0v) is 26.0. The van der Waals surface area contributed by atoms with Crippen LogP contribution in [0, 0.1) is 30.0 Å². The van der Waals surface area contributed by atoms with Gasteiger partial charge in [0.15, 0.2) is 5.82 Å². The molecule has 1 N–H and O–H groups in total. The largest absolute Gasteiger partial charge is 0.508 e. The van der Waals surface area contributed by atoms with Crippen LogP contribution in [0.3, 0.4) is 0 Å². The lowest BCUT2D eigenvalue weighted by molar-refractivity contribution is 0.107. The first-order valence-electron chi connectivity index (χ1n) is 15.8. The summed E-state index contributed by atoms with van der Waals surface area (Å²) in [5.74, 6) is 3.70. The number of fused-ring (bicyclic) bond motifs is 5. The van der Waals surface area contributed by atoms with Gasteiger partial charge < -0.3 is 14.7 Å². The van der Waals surface area contributed by atoms with E-state index in [2.05, 4.69) is 31.9 Å². The molecule has 10 heteroatoms. The van der Waals surface area contributed by atoms with Crippen molar-refractivity contribution in [1.82, 2.24) is 19.9 Å². The normalized spacial score (nSPS) is 27.7. The predicted molar refractivity (Wildman–Crippen MR) is 174 cm³/mol. The highest BCUT2D eigenvalue weighted by molar-refractivity contribution is 7.99. The first-order chi connectivity index (χ1) is 21.9. The molecule has 3 aliphatic heterocycles. The number of piperidine rings is 1. The van der Waals surface area contributed by atoms with Gasteiger partial charge in [-0.05, 0) is 73.9 Å². The number of anilines is 1. The highest BCUT2D eigenvalue weighted by atomic mass is 32.2. The number of alkyl halides is 1. The standard InChI is InChI=1S/C35H35F2N5O2S/c1-3-20-6-4-7-21-12-25(43)13-26(28(20)21)30-29(37)31-27(15-38-30)33(41-16-22-8-9-23(17-41)32(22)45-2)40-34(39-31)44-19-35-10-5-11-42(35)18-24(36)14-35/h1,4,6-7,12-13,15,22-24,32,43H,5,8-11,14,16-19H2,2H3/t22?,23?,24-,32?,35+/m1/s1. The van der Waals surface area contributed by atoms with Crippen LogP contribution in [-0.4, -0.2) is 81.0 Å². The van der Waals surface area contributed by atoms with Gasteiger partial charge in [0.1, 0.15) is 35.6 Å². The summed E-state index contributed by atoms with van der Waals surface area (Å²) in [7, 11) is 0. The molecule has 0 amide bonds. The molecule has 2 aromatic carbocycles. The maximum atomic E-state index is 16.8. The third kappa shape index (κ3) is 4.69. The maximum absolute atomic E-state index is 16.8. The summed E-state index contributed by atoms with van der Waals surface area (Å²) in [5.41, 5.74) is 0.720. The van der Waals surface area contributed by atoms with Gasteiger partial charge in [-0.3, -0.25) is 9.88 Å². The van der Waals surface area contributed by atoms with Gasteiger partial charge >= 0.3 is 6.01 Å². The Balaban J connectivity index is 1.26. The number of phenolic OH excluding ortho intramolecular Hbond substituents is 1. The van der Waals surface area contributed by atoms with Crippen molar-refractivity contribution in [3.63, 3.8) is 0 Å². The Bertz CT molecular complexity index is 1850. The van der Waals surface area contributed by atoms with Gasteiger partial charge in [-0.2, -0.15) is 21.7 Å². The van der Waals surface area contributed by atoms with Crippen molar-refractivity contribution in [2.24, 2.45) is 11.8 Å². The molecule has 2 bridgehead atoms. The molecule has 3 saturated heterocycles. The third-order valence-corrected chi connectivity index (χ3v) is 11.9. The molecule has 1 saturated carbocycles. The van der Waals surface area contributed by atoms with Gasteiger partial charge in [-0.1, -0.05) is 18.1 Å². The second-order valence-electron chi connectivity index (χ2n) is 13.1. The summed E-state index contributed by atoms with van der Waals surface area (Å²) >= 11 is 1.94. The topological polar surface area (TPSA) is 74.6 Å². The van der Waals surface area contributed by atoms with Gasteiger partial charge in [0.05, 0.1) is 10.9 Å². The van der Waals surface area contributed by atoms with E-state index in [1.165, 1.54) is 18.9 Å². The molecule has 5 heterocycles. The van der Waals surface area contributed by atoms with E-state index in [4.69, 9.17) is 16.1 Å². The van der Waals surface area contributed by atoms with Gasteiger partial charge in [-0.15, -0.1) is 6.42 Å². The Morgan fingerprint density at radius 2 is 2.00 bits per heavy atom. The van der Waals surface area contributed by atoms with E-state index in [0.717, 1.165) is 32.5 Å². The second-order valence-corrected chi connectivity index (χ2v) is 14.1. The molecule has 0 radical (unpaired) electrons. The number of terminal acetylenes is 1. The quantitative estimate of drug-likeness (QED) is 0.253.